The Kier molecular flexibility index (Phi) is 6.52. The molecule has 0 bridgehead atoms. The summed E-state index contributed by atoms with van der Waals surface area (Å²) < 4.78 is 5.55. The molecule has 0 aliphatic rings. The molecule has 56 valence electrons. The van der Waals surface area contributed by atoms with E-state index in [1.54, 1.807) is 6.92 Å². The van der Waals surface area contributed by atoms with Gasteiger partial charge in [0.05, 0.1) is 0 Å². The fraction of sp³-hybridized carbons (Fsp3) is 0.500. The molecule has 0 aliphatic carbocycles. The molecule has 0 amide bonds. The molecule has 0 N–H and O–H groups in total. The summed E-state index contributed by atoms with van der Waals surface area (Å²) in [5.74, 6) is -0.247. The van der Waals surface area contributed by atoms with Gasteiger partial charge in [-0.2, -0.15) is 0 Å². The Morgan fingerprint density at radius 2 is 2.40 bits per heavy atom. The molecule has 0 saturated carbocycles. The van der Waals surface area contributed by atoms with Crippen LogP contribution in [0.5, 0.6) is 0 Å². The summed E-state index contributed by atoms with van der Waals surface area (Å²) in [7, 11) is 0. The average Bonchev–Trinajstić information content (AvgIpc) is 1.89. The van der Waals surface area contributed by atoms with Crippen molar-refractivity contribution in [2.45, 2.75) is 11.4 Å². The number of rotatable bonds is 4. The Balaban J connectivity index is 3.60. The van der Waals surface area contributed by atoms with Gasteiger partial charge in [-0.25, -0.2) is 0 Å². The molecule has 0 spiro atoms. The number of hydrogen-bond acceptors (Lipinski definition) is 2. The van der Waals surface area contributed by atoms with Gasteiger partial charge in [0.25, 0.3) is 0 Å². The van der Waals surface area contributed by atoms with Crippen molar-refractivity contribution >= 4 is 37.6 Å². The topological polar surface area (TPSA) is 26.3 Å². The SMILES string of the molecule is C=C([CH2][Sn][Br])C(=O)OCC. The van der Waals surface area contributed by atoms with E-state index in [1.807, 2.05) is 0 Å². The zero-order valence-corrected chi connectivity index (χ0v) is 10.3. The van der Waals surface area contributed by atoms with E-state index >= 15 is 0 Å². The molecule has 2 nitrogen and oxygen atoms in total. The molecule has 2 radical (unpaired) electrons. The first-order valence-electron chi connectivity index (χ1n) is 2.90. The van der Waals surface area contributed by atoms with Crippen LogP contribution in [0.15, 0.2) is 12.2 Å². The summed E-state index contributed by atoms with van der Waals surface area (Å²) in [6.45, 7) is 5.83. The first kappa shape index (κ1) is 10.5. The summed E-state index contributed by atoms with van der Waals surface area (Å²) in [6.07, 6.45) is 0. The predicted octanol–water partition coefficient (Wildman–Crippen LogP) is 1.54. The summed E-state index contributed by atoms with van der Waals surface area (Å²) in [6, 6.07) is 0. The van der Waals surface area contributed by atoms with Crippen LogP contribution >= 0.6 is 12.7 Å². The van der Waals surface area contributed by atoms with Crippen molar-refractivity contribution in [2.24, 2.45) is 0 Å². The van der Waals surface area contributed by atoms with E-state index in [2.05, 4.69) is 19.3 Å². The number of esters is 1. The molecule has 0 fully saturated rings. The van der Waals surface area contributed by atoms with Crippen LogP contribution in [0.25, 0.3) is 0 Å². The first-order valence-corrected chi connectivity index (χ1v) is 11.3. The van der Waals surface area contributed by atoms with Gasteiger partial charge in [-0.15, -0.1) is 0 Å². The number of carbonyl (C=O) groups is 1. The van der Waals surface area contributed by atoms with Gasteiger partial charge < -0.3 is 0 Å². The van der Waals surface area contributed by atoms with E-state index in [4.69, 9.17) is 4.74 Å². The van der Waals surface area contributed by atoms with E-state index in [0.717, 1.165) is 4.44 Å². The van der Waals surface area contributed by atoms with E-state index in [-0.39, 0.29) is 5.97 Å². The molecular formula is C6H9BrO2Sn. The number of ether oxygens (including phenoxy) is 1. The third kappa shape index (κ3) is 4.33. The second-order valence-electron chi connectivity index (χ2n) is 1.63. The van der Waals surface area contributed by atoms with E-state index in [9.17, 15) is 4.79 Å². The van der Waals surface area contributed by atoms with E-state index in [1.165, 1.54) is 0 Å². The first-order chi connectivity index (χ1) is 4.72. The Bertz CT molecular complexity index is 120. The third-order valence-electron chi connectivity index (χ3n) is 0.844. The van der Waals surface area contributed by atoms with Crippen molar-refractivity contribution in [2.75, 3.05) is 6.61 Å². The van der Waals surface area contributed by atoms with Gasteiger partial charge in [-0.3, -0.25) is 0 Å². The summed E-state index contributed by atoms with van der Waals surface area (Å²) in [5, 5.41) is 0. The van der Waals surface area contributed by atoms with Crippen LogP contribution in [0.2, 0.25) is 4.44 Å². The van der Waals surface area contributed by atoms with Gasteiger partial charge in [0.2, 0.25) is 0 Å². The van der Waals surface area contributed by atoms with Gasteiger partial charge in [0, 0.05) is 0 Å². The second-order valence-corrected chi connectivity index (χ2v) is 7.17. The molecule has 0 unspecified atom stereocenters. The van der Waals surface area contributed by atoms with Gasteiger partial charge in [-0.1, -0.05) is 0 Å². The number of carbonyl (C=O) groups excluding carboxylic acids is 1. The van der Waals surface area contributed by atoms with E-state index in [0.29, 0.717) is 12.2 Å². The molecule has 0 saturated heterocycles. The zero-order chi connectivity index (χ0) is 7.98. The van der Waals surface area contributed by atoms with Crippen LogP contribution < -0.4 is 0 Å². The molecule has 0 aromatic heterocycles. The van der Waals surface area contributed by atoms with Crippen molar-refractivity contribution in [1.82, 2.24) is 0 Å². The van der Waals surface area contributed by atoms with Crippen molar-refractivity contribution < 1.29 is 9.53 Å². The summed E-state index contributed by atoms with van der Waals surface area (Å²) in [5.41, 5.74) is 0.602. The Hall–Kier alpha value is 0.489. The standard InChI is InChI=1S/C6H9O2.BrH.Sn/c1-4-8-6(7)5(2)3;;/h2-4H2,1H3;1H;/q;;+1/p-1. The fourth-order valence-electron chi connectivity index (χ4n) is 0.386. The maximum absolute atomic E-state index is 10.8. The normalized spacial score (nSPS) is 9.00. The van der Waals surface area contributed by atoms with Gasteiger partial charge in [0.15, 0.2) is 0 Å². The van der Waals surface area contributed by atoms with Crippen LogP contribution in [0.3, 0.4) is 0 Å². The maximum atomic E-state index is 10.8. The summed E-state index contributed by atoms with van der Waals surface area (Å²) in [4.78, 5) is 10.8. The number of halogens is 1. The van der Waals surface area contributed by atoms with Gasteiger partial charge in [-0.05, 0) is 0 Å². The van der Waals surface area contributed by atoms with Crippen LogP contribution in [0, 0.1) is 0 Å². The Morgan fingerprint density at radius 1 is 1.80 bits per heavy atom. The van der Waals surface area contributed by atoms with Crippen molar-refractivity contribution in [3.63, 3.8) is 0 Å². The quantitative estimate of drug-likeness (QED) is 0.447. The van der Waals surface area contributed by atoms with Gasteiger partial charge >= 0.3 is 77.2 Å². The van der Waals surface area contributed by atoms with Crippen molar-refractivity contribution in [3.8, 4) is 0 Å². The second kappa shape index (κ2) is 6.22. The predicted molar refractivity (Wildman–Crippen MR) is 45.3 cm³/mol. The fourth-order valence-corrected chi connectivity index (χ4v) is 3.53. The van der Waals surface area contributed by atoms with Crippen LogP contribution in [-0.2, 0) is 9.53 Å². The monoisotopic (exact) mass is 312 g/mol. The molecule has 0 atom stereocenters. The molecule has 0 rings (SSSR count). The molecule has 0 heterocycles. The van der Waals surface area contributed by atoms with Crippen LogP contribution in [0.1, 0.15) is 6.92 Å². The zero-order valence-electron chi connectivity index (χ0n) is 5.82. The van der Waals surface area contributed by atoms with Crippen molar-refractivity contribution in [1.29, 1.82) is 0 Å². The van der Waals surface area contributed by atoms with Crippen molar-refractivity contribution in [3.05, 3.63) is 12.2 Å². The molecule has 10 heavy (non-hydrogen) atoms. The minimum absolute atomic E-state index is 0.247. The number of hydrogen-bond donors (Lipinski definition) is 0. The van der Waals surface area contributed by atoms with E-state index < -0.39 is 18.9 Å². The van der Waals surface area contributed by atoms with Crippen LogP contribution in [-0.4, -0.2) is 31.5 Å². The molecule has 0 aromatic carbocycles. The summed E-state index contributed by atoms with van der Waals surface area (Å²) >= 11 is 2.86. The average molecular weight is 312 g/mol. The molecule has 0 aliphatic heterocycles. The third-order valence-corrected chi connectivity index (χ3v) is 4.32. The van der Waals surface area contributed by atoms with Crippen LogP contribution in [0.4, 0.5) is 0 Å². The minimum atomic E-state index is -0.513. The molecular weight excluding hydrogens is 303 g/mol. The molecule has 4 heteroatoms. The Labute approximate surface area is 77.0 Å². The van der Waals surface area contributed by atoms with Gasteiger partial charge in [0.1, 0.15) is 0 Å². The Morgan fingerprint density at radius 3 is 2.80 bits per heavy atom. The molecule has 0 aromatic rings.